The highest BCUT2D eigenvalue weighted by Crippen LogP contribution is 2.42. The largest absolute Gasteiger partial charge is 0.460 e. The zero-order valence-electron chi connectivity index (χ0n) is 10.6. The second-order valence-electron chi connectivity index (χ2n) is 5.11. The van der Waals surface area contributed by atoms with Crippen molar-refractivity contribution in [2.24, 2.45) is 0 Å². The summed E-state index contributed by atoms with van der Waals surface area (Å²) in [7, 11) is 0. The molecule has 2 rings (SSSR count). The highest BCUT2D eigenvalue weighted by molar-refractivity contribution is 5.93. The molecule has 0 amide bonds. The van der Waals surface area contributed by atoms with E-state index in [4.69, 9.17) is 14.9 Å². The first-order chi connectivity index (χ1) is 7.97. The third kappa shape index (κ3) is 1.92. The monoisotopic (exact) mass is 237 g/mol. The van der Waals surface area contributed by atoms with Crippen LogP contribution >= 0.6 is 0 Å². The van der Waals surface area contributed by atoms with Gasteiger partial charge < -0.3 is 14.9 Å². The molecule has 0 unspecified atom stereocenters. The van der Waals surface area contributed by atoms with Crippen molar-refractivity contribution in [2.45, 2.75) is 45.4 Å². The third-order valence-electron chi connectivity index (χ3n) is 3.35. The fraction of sp³-hybridized carbons (Fsp3) is 0.615. The first kappa shape index (κ1) is 12.0. The Morgan fingerprint density at radius 3 is 2.82 bits per heavy atom. The van der Waals surface area contributed by atoms with Gasteiger partial charge in [0.15, 0.2) is 0 Å². The fourth-order valence-corrected chi connectivity index (χ4v) is 2.44. The highest BCUT2D eigenvalue weighted by Gasteiger charge is 2.35. The van der Waals surface area contributed by atoms with E-state index in [-0.39, 0.29) is 11.2 Å². The summed E-state index contributed by atoms with van der Waals surface area (Å²) >= 11 is 0. The van der Waals surface area contributed by atoms with Crippen LogP contribution in [0, 0.1) is 0 Å². The summed E-state index contributed by atoms with van der Waals surface area (Å²) in [6.07, 6.45) is 3.01. The van der Waals surface area contributed by atoms with Crippen LogP contribution in [0.25, 0.3) is 0 Å². The van der Waals surface area contributed by atoms with E-state index in [9.17, 15) is 4.79 Å². The molecule has 1 aliphatic rings. The molecule has 1 aromatic heterocycles. The highest BCUT2D eigenvalue weighted by atomic mass is 16.5. The number of hydrogen-bond donors (Lipinski definition) is 1. The molecule has 0 saturated heterocycles. The number of carbonyl (C=O) groups is 1. The minimum Gasteiger partial charge on any atom is -0.460 e. The zero-order chi connectivity index (χ0) is 12.6. The van der Waals surface area contributed by atoms with Crippen molar-refractivity contribution in [3.05, 3.63) is 17.1 Å². The van der Waals surface area contributed by atoms with Crippen molar-refractivity contribution in [3.8, 4) is 0 Å². The quantitative estimate of drug-likeness (QED) is 0.803. The molecule has 0 spiro atoms. The molecule has 4 heteroatoms. The average Bonchev–Trinajstić information content (AvgIpc) is 2.58. The minimum atomic E-state index is -0.463. The summed E-state index contributed by atoms with van der Waals surface area (Å²) in [5.41, 5.74) is 7.39. The van der Waals surface area contributed by atoms with E-state index >= 15 is 0 Å². The summed E-state index contributed by atoms with van der Waals surface area (Å²) in [6, 6.07) is 0. The maximum absolute atomic E-state index is 11.7. The number of fused-ring (bicyclic) bond motifs is 1. The van der Waals surface area contributed by atoms with Gasteiger partial charge in [0.2, 0.25) is 5.76 Å². The van der Waals surface area contributed by atoms with Crippen LogP contribution in [0.4, 0.5) is 5.69 Å². The number of hydrogen-bond acceptors (Lipinski definition) is 4. The predicted molar refractivity (Wildman–Crippen MR) is 65.0 cm³/mol. The summed E-state index contributed by atoms with van der Waals surface area (Å²) in [6.45, 7) is 6.32. The fourth-order valence-electron chi connectivity index (χ4n) is 2.44. The van der Waals surface area contributed by atoms with Gasteiger partial charge >= 0.3 is 5.97 Å². The molecule has 94 valence electrons. The van der Waals surface area contributed by atoms with E-state index in [2.05, 4.69) is 13.8 Å². The van der Waals surface area contributed by atoms with Crippen LogP contribution < -0.4 is 5.73 Å². The molecule has 17 heavy (non-hydrogen) atoms. The number of nitrogens with two attached hydrogens (primary N) is 1. The van der Waals surface area contributed by atoms with Gasteiger partial charge in [0.25, 0.3) is 0 Å². The average molecular weight is 237 g/mol. The standard InChI is InChI=1S/C13H19NO3/c1-4-16-12(15)10-9(14)8-6-5-7-13(2,3)11(8)17-10/h4-7,14H2,1-3H3. The van der Waals surface area contributed by atoms with Gasteiger partial charge in [-0.1, -0.05) is 13.8 Å². The Morgan fingerprint density at radius 2 is 2.24 bits per heavy atom. The van der Waals surface area contributed by atoms with E-state index < -0.39 is 5.97 Å². The van der Waals surface area contributed by atoms with Crippen molar-refractivity contribution < 1.29 is 13.9 Å². The number of nitrogen functional groups attached to an aromatic ring is 1. The summed E-state index contributed by atoms with van der Waals surface area (Å²) in [5.74, 6) is 0.561. The van der Waals surface area contributed by atoms with Crippen LogP contribution in [0.1, 0.15) is 55.5 Å². The number of carbonyl (C=O) groups excluding carboxylic acids is 1. The summed E-state index contributed by atoms with van der Waals surface area (Å²) < 4.78 is 10.6. The van der Waals surface area contributed by atoms with Gasteiger partial charge in [0, 0.05) is 11.0 Å². The zero-order valence-corrected chi connectivity index (χ0v) is 10.6. The SMILES string of the molecule is CCOC(=O)c1oc2c(c1N)CCCC2(C)C. The summed E-state index contributed by atoms with van der Waals surface area (Å²) in [4.78, 5) is 11.7. The van der Waals surface area contributed by atoms with E-state index in [0.29, 0.717) is 12.3 Å². The van der Waals surface area contributed by atoms with Crippen LogP contribution in [-0.2, 0) is 16.6 Å². The molecule has 4 nitrogen and oxygen atoms in total. The normalized spacial score (nSPS) is 17.6. The number of furan rings is 1. The van der Waals surface area contributed by atoms with Gasteiger partial charge in [-0.05, 0) is 26.2 Å². The van der Waals surface area contributed by atoms with Crippen LogP contribution in [0.3, 0.4) is 0 Å². The lowest BCUT2D eigenvalue weighted by molar-refractivity contribution is 0.0487. The molecule has 0 aliphatic heterocycles. The van der Waals surface area contributed by atoms with Crippen molar-refractivity contribution in [2.75, 3.05) is 12.3 Å². The molecule has 0 atom stereocenters. The van der Waals surface area contributed by atoms with Gasteiger partial charge in [-0.3, -0.25) is 0 Å². The van der Waals surface area contributed by atoms with Crippen LogP contribution in [-0.4, -0.2) is 12.6 Å². The second kappa shape index (κ2) is 4.09. The minimum absolute atomic E-state index is 0.0492. The van der Waals surface area contributed by atoms with Crippen molar-refractivity contribution in [3.63, 3.8) is 0 Å². The molecular formula is C13H19NO3. The Kier molecular flexibility index (Phi) is 2.89. The van der Waals surface area contributed by atoms with Gasteiger partial charge in [-0.2, -0.15) is 0 Å². The molecule has 0 bridgehead atoms. The summed E-state index contributed by atoms with van der Waals surface area (Å²) in [5, 5.41) is 0. The molecule has 0 aromatic carbocycles. The molecular weight excluding hydrogens is 218 g/mol. The first-order valence-electron chi connectivity index (χ1n) is 6.06. The molecule has 1 aliphatic carbocycles. The molecule has 0 fully saturated rings. The van der Waals surface area contributed by atoms with Gasteiger partial charge in [0.1, 0.15) is 5.76 Å². The second-order valence-corrected chi connectivity index (χ2v) is 5.11. The van der Waals surface area contributed by atoms with Crippen LogP contribution in [0.15, 0.2) is 4.42 Å². The number of esters is 1. The van der Waals surface area contributed by atoms with E-state index in [1.54, 1.807) is 6.92 Å². The number of anilines is 1. The molecule has 1 heterocycles. The first-order valence-corrected chi connectivity index (χ1v) is 6.06. The lowest BCUT2D eigenvalue weighted by Crippen LogP contribution is -2.22. The Balaban J connectivity index is 2.45. The van der Waals surface area contributed by atoms with E-state index in [0.717, 1.165) is 30.6 Å². The lowest BCUT2D eigenvalue weighted by atomic mass is 9.77. The molecule has 1 aromatic rings. The van der Waals surface area contributed by atoms with E-state index in [1.165, 1.54) is 0 Å². The lowest BCUT2D eigenvalue weighted by Gasteiger charge is -2.27. The predicted octanol–water partition coefficient (Wildman–Crippen LogP) is 2.65. The van der Waals surface area contributed by atoms with Crippen LogP contribution in [0.2, 0.25) is 0 Å². The van der Waals surface area contributed by atoms with Gasteiger partial charge in [0.05, 0.1) is 12.3 Å². The van der Waals surface area contributed by atoms with Crippen LogP contribution in [0.5, 0.6) is 0 Å². The molecule has 2 N–H and O–H groups in total. The Labute approximate surface area is 101 Å². The van der Waals surface area contributed by atoms with E-state index in [1.807, 2.05) is 0 Å². The van der Waals surface area contributed by atoms with Crippen molar-refractivity contribution >= 4 is 11.7 Å². The Morgan fingerprint density at radius 1 is 1.53 bits per heavy atom. The number of ether oxygens (including phenoxy) is 1. The topological polar surface area (TPSA) is 65.5 Å². The van der Waals surface area contributed by atoms with Crippen molar-refractivity contribution in [1.82, 2.24) is 0 Å². The maximum Gasteiger partial charge on any atom is 0.376 e. The smallest absolute Gasteiger partial charge is 0.376 e. The van der Waals surface area contributed by atoms with Gasteiger partial charge in [-0.15, -0.1) is 0 Å². The third-order valence-corrected chi connectivity index (χ3v) is 3.35. The maximum atomic E-state index is 11.7. The number of rotatable bonds is 2. The van der Waals surface area contributed by atoms with Crippen molar-refractivity contribution in [1.29, 1.82) is 0 Å². The molecule has 0 radical (unpaired) electrons. The Bertz CT molecular complexity index is 446. The van der Waals surface area contributed by atoms with Gasteiger partial charge in [-0.25, -0.2) is 4.79 Å². The molecule has 0 saturated carbocycles. The Hall–Kier alpha value is -1.45.